The summed E-state index contributed by atoms with van der Waals surface area (Å²) in [6.45, 7) is 3.31. The predicted octanol–water partition coefficient (Wildman–Crippen LogP) is -2.48. The van der Waals surface area contributed by atoms with Crippen molar-refractivity contribution in [3.8, 4) is 0 Å². The summed E-state index contributed by atoms with van der Waals surface area (Å²) in [7, 11) is 0. The van der Waals surface area contributed by atoms with Crippen LogP contribution in [0.25, 0.3) is 0 Å². The summed E-state index contributed by atoms with van der Waals surface area (Å²) >= 11 is 0. The molecule has 2 atom stereocenters. The summed E-state index contributed by atoms with van der Waals surface area (Å²) < 4.78 is 0. The summed E-state index contributed by atoms with van der Waals surface area (Å²) in [4.78, 5) is 20.9. The monoisotopic (exact) mass is 307 g/mol. The number of carboxylic acid groups (broad SMARTS) is 1. The number of carbonyl (C=O) groups excluding carboxylic acids is 1. The molecule has 4 nitrogen and oxygen atoms in total. The minimum absolute atomic E-state index is 0. The Bertz CT molecular complexity index is 189. The van der Waals surface area contributed by atoms with E-state index in [0.717, 1.165) is 0 Å². The Labute approximate surface area is 139 Å². The van der Waals surface area contributed by atoms with Crippen molar-refractivity contribution in [3.63, 3.8) is 0 Å². The van der Waals surface area contributed by atoms with Crippen molar-refractivity contribution in [1.29, 1.82) is 0 Å². The molecule has 0 spiro atoms. The van der Waals surface area contributed by atoms with Gasteiger partial charge in [-0.1, -0.05) is 6.92 Å². The van der Waals surface area contributed by atoms with Gasteiger partial charge < -0.3 is 17.1 Å². The molecule has 0 saturated carbocycles. The first-order valence-electron chi connectivity index (χ1n) is 3.91. The smallest absolute Gasteiger partial charge is 1.00 e. The summed E-state index contributed by atoms with van der Waals surface area (Å²) in [5, 5.41) is 8.46. The Morgan fingerprint density at radius 1 is 1.54 bits per heavy atom. The molecule has 13 heavy (non-hydrogen) atoms. The van der Waals surface area contributed by atoms with Crippen LogP contribution < -0.4 is 74.6 Å². The van der Waals surface area contributed by atoms with Crippen LogP contribution >= 0.6 is 0 Å². The molecule has 5 heteroatoms. The van der Waals surface area contributed by atoms with Crippen LogP contribution in [-0.2, 0) is 9.59 Å². The van der Waals surface area contributed by atoms with Crippen LogP contribution in [0.15, 0.2) is 0 Å². The number of aliphatic carboxylic acids is 1. The molecular formula is C8H16CsNO3. The maximum Gasteiger partial charge on any atom is 1.00 e. The minimum atomic E-state index is -1.01. The molecule has 1 unspecified atom stereocenters. The molecule has 0 amide bonds. The van der Waals surface area contributed by atoms with Gasteiger partial charge in [-0.3, -0.25) is 4.79 Å². The third kappa shape index (κ3) is 9.46. The van der Waals surface area contributed by atoms with Gasteiger partial charge in [0.15, 0.2) is 0 Å². The molecule has 0 aliphatic carbocycles. The molecule has 0 aliphatic rings. The number of hydrogen-bond donors (Lipinski definition) is 2. The summed E-state index contributed by atoms with van der Waals surface area (Å²) in [6.07, 6.45) is 0.760. The molecule has 72 valence electrons. The Hall–Kier alpha value is 1.15. The second kappa shape index (κ2) is 8.46. The minimum Gasteiger partial charge on any atom is -1.00 e. The molecule has 0 heterocycles. The number of hydrogen-bond acceptors (Lipinski definition) is 3. The molecule has 0 saturated heterocycles. The Morgan fingerprint density at radius 3 is 2.31 bits per heavy atom. The van der Waals surface area contributed by atoms with Gasteiger partial charge in [-0.15, -0.1) is 0 Å². The van der Waals surface area contributed by atoms with Crippen LogP contribution in [0.2, 0.25) is 0 Å². The topological polar surface area (TPSA) is 80.4 Å². The van der Waals surface area contributed by atoms with E-state index in [-0.39, 0.29) is 82.0 Å². The van der Waals surface area contributed by atoms with Crippen molar-refractivity contribution in [2.45, 2.75) is 32.7 Å². The molecule has 3 N–H and O–H groups in total. The molecule has 0 aromatic rings. The molecule has 0 fully saturated rings. The average molecular weight is 307 g/mol. The van der Waals surface area contributed by atoms with E-state index in [2.05, 4.69) is 0 Å². The summed E-state index contributed by atoms with van der Waals surface area (Å²) in [5.74, 6) is -0.890. The van der Waals surface area contributed by atoms with E-state index < -0.39 is 12.0 Å². The second-order valence-corrected chi connectivity index (χ2v) is 3.19. The van der Waals surface area contributed by atoms with Crippen LogP contribution in [0.3, 0.4) is 0 Å². The van der Waals surface area contributed by atoms with Gasteiger partial charge in [0.1, 0.15) is 11.8 Å². The average Bonchev–Trinajstić information content (AvgIpc) is 1.84. The van der Waals surface area contributed by atoms with Crippen LogP contribution in [0.5, 0.6) is 0 Å². The fourth-order valence-corrected chi connectivity index (χ4v) is 1.11. The van der Waals surface area contributed by atoms with Gasteiger partial charge >= 0.3 is 74.9 Å². The van der Waals surface area contributed by atoms with Crippen LogP contribution in [-0.4, -0.2) is 22.9 Å². The van der Waals surface area contributed by atoms with E-state index in [1.54, 1.807) is 0 Å². The van der Waals surface area contributed by atoms with E-state index in [0.29, 0.717) is 12.8 Å². The molecule has 0 radical (unpaired) electrons. The summed E-state index contributed by atoms with van der Waals surface area (Å²) in [6, 6.07) is -0.848. The van der Waals surface area contributed by atoms with Crippen LogP contribution in [0.4, 0.5) is 0 Å². The van der Waals surface area contributed by atoms with E-state index in [4.69, 9.17) is 10.8 Å². The van der Waals surface area contributed by atoms with Gasteiger partial charge in [0, 0.05) is 6.42 Å². The fraction of sp³-hybridized carbons (Fsp3) is 0.750. The Balaban J connectivity index is -0.000000605. The first kappa shape index (κ1) is 16.6. The fourth-order valence-electron chi connectivity index (χ4n) is 1.11. The van der Waals surface area contributed by atoms with Crippen molar-refractivity contribution < 1.29 is 85.0 Å². The van der Waals surface area contributed by atoms with Gasteiger partial charge in [0.2, 0.25) is 0 Å². The van der Waals surface area contributed by atoms with Gasteiger partial charge in [-0.25, -0.2) is 0 Å². The Morgan fingerprint density at radius 2 is 2.00 bits per heavy atom. The zero-order chi connectivity index (χ0) is 9.72. The van der Waals surface area contributed by atoms with Crippen molar-refractivity contribution >= 4 is 11.8 Å². The van der Waals surface area contributed by atoms with Crippen LogP contribution in [0.1, 0.15) is 28.1 Å². The quantitative estimate of drug-likeness (QED) is 0.589. The molecule has 0 aromatic carbocycles. The van der Waals surface area contributed by atoms with Gasteiger partial charge in [0.25, 0.3) is 0 Å². The van der Waals surface area contributed by atoms with Gasteiger partial charge in [0.05, 0.1) is 0 Å². The number of rotatable bonds is 5. The zero-order valence-corrected chi connectivity index (χ0v) is 14.7. The SMILES string of the molecule is CC(=O)CC(C)C[C@H](N)C(=O)O.[Cs+].[H-]. The van der Waals surface area contributed by atoms with E-state index in [1.807, 2.05) is 6.92 Å². The van der Waals surface area contributed by atoms with E-state index in [9.17, 15) is 9.59 Å². The number of carbonyl (C=O) groups is 2. The van der Waals surface area contributed by atoms with Gasteiger partial charge in [-0.2, -0.15) is 0 Å². The zero-order valence-electron chi connectivity index (χ0n) is 9.41. The summed E-state index contributed by atoms with van der Waals surface area (Å²) in [5.41, 5.74) is 5.28. The maximum absolute atomic E-state index is 10.6. The predicted molar refractivity (Wildman–Crippen MR) is 45.8 cm³/mol. The molecule has 0 rings (SSSR count). The molecule has 0 aliphatic heterocycles. The number of carboxylic acids is 1. The first-order chi connectivity index (χ1) is 5.43. The molecule has 0 aromatic heterocycles. The second-order valence-electron chi connectivity index (χ2n) is 3.19. The van der Waals surface area contributed by atoms with Crippen molar-refractivity contribution in [2.75, 3.05) is 0 Å². The van der Waals surface area contributed by atoms with Crippen molar-refractivity contribution in [3.05, 3.63) is 0 Å². The third-order valence-corrected chi connectivity index (χ3v) is 1.61. The van der Waals surface area contributed by atoms with E-state index >= 15 is 0 Å². The van der Waals surface area contributed by atoms with Crippen molar-refractivity contribution in [2.24, 2.45) is 11.7 Å². The van der Waals surface area contributed by atoms with Crippen molar-refractivity contribution in [1.82, 2.24) is 0 Å². The molecule has 0 bridgehead atoms. The third-order valence-electron chi connectivity index (χ3n) is 1.61. The maximum atomic E-state index is 10.6. The van der Waals surface area contributed by atoms with E-state index in [1.165, 1.54) is 6.92 Å². The number of ketones is 1. The molecular weight excluding hydrogens is 291 g/mol. The standard InChI is InChI=1S/C8H15NO3.Cs.H/c1-5(3-6(2)10)4-7(9)8(11)12;;/h5,7H,3-4,9H2,1-2H3,(H,11,12);;/q;+1;-1/t5?,7-;;/m0../s1. The van der Waals surface area contributed by atoms with Crippen LogP contribution in [0, 0.1) is 5.92 Å². The number of Topliss-reactive ketones (excluding diaryl/α,β-unsaturated/α-hetero) is 1. The van der Waals surface area contributed by atoms with Gasteiger partial charge in [-0.05, 0) is 19.3 Å². The first-order valence-corrected chi connectivity index (χ1v) is 3.91. The Kier molecular flexibility index (Phi) is 10.8. The largest absolute Gasteiger partial charge is 1.00 e. The number of nitrogens with two attached hydrogens (primary N) is 1. The normalized spacial score (nSPS) is 14.1.